The highest BCUT2D eigenvalue weighted by atomic mass is 15.2. The fourth-order valence-corrected chi connectivity index (χ4v) is 3.44. The van der Waals surface area contributed by atoms with Crippen molar-refractivity contribution in [1.82, 2.24) is 15.2 Å². The average Bonchev–Trinajstić information content (AvgIpc) is 2.85. The van der Waals surface area contributed by atoms with Gasteiger partial charge in [-0.1, -0.05) is 0 Å². The monoisotopic (exact) mass is 240 g/mol. The molecule has 0 bridgehead atoms. The maximum Gasteiger partial charge on any atom is 0.153 e. The molecule has 2 heterocycles. The number of aromatic nitrogens is 3. The van der Waals surface area contributed by atoms with Crippen molar-refractivity contribution in [2.24, 2.45) is 11.8 Å². The number of rotatable bonds is 2. The minimum absolute atomic E-state index is 0.608. The number of nitrogen functional groups attached to an aromatic ring is 1. The van der Waals surface area contributed by atoms with Gasteiger partial charge in [-0.05, 0) is 48.8 Å². The van der Waals surface area contributed by atoms with E-state index < -0.39 is 0 Å². The number of nitrogens with zero attached hydrogens (tertiary/aromatic N) is 2. The summed E-state index contributed by atoms with van der Waals surface area (Å²) in [4.78, 5) is 4.06. The smallest absolute Gasteiger partial charge is 0.153 e. The van der Waals surface area contributed by atoms with Crippen LogP contribution >= 0.6 is 0 Å². The van der Waals surface area contributed by atoms with Gasteiger partial charge in [0.25, 0.3) is 0 Å². The molecule has 4 heteroatoms. The van der Waals surface area contributed by atoms with Crippen LogP contribution in [-0.2, 0) is 0 Å². The Bertz CT molecular complexity index is 565. The maximum atomic E-state index is 6.02. The largest absolute Gasteiger partial charge is 0.382 e. The molecule has 2 aromatic heterocycles. The Labute approximate surface area is 106 Å². The van der Waals surface area contributed by atoms with Crippen LogP contribution in [0.15, 0.2) is 24.5 Å². The van der Waals surface area contributed by atoms with Crippen LogP contribution in [0.25, 0.3) is 11.1 Å². The van der Waals surface area contributed by atoms with E-state index in [1.807, 2.05) is 12.1 Å². The normalized spacial score (nSPS) is 29.2. The van der Waals surface area contributed by atoms with Gasteiger partial charge in [-0.15, -0.1) is 0 Å². The molecule has 2 fully saturated rings. The van der Waals surface area contributed by atoms with Crippen molar-refractivity contribution in [2.45, 2.75) is 25.2 Å². The van der Waals surface area contributed by atoms with Gasteiger partial charge in [0.2, 0.25) is 0 Å². The van der Waals surface area contributed by atoms with E-state index in [1.165, 1.54) is 25.0 Å². The first-order chi connectivity index (χ1) is 8.83. The van der Waals surface area contributed by atoms with E-state index in [2.05, 4.69) is 15.2 Å². The Morgan fingerprint density at radius 1 is 1.11 bits per heavy atom. The summed E-state index contributed by atoms with van der Waals surface area (Å²) in [7, 11) is 0. The first kappa shape index (κ1) is 10.1. The zero-order chi connectivity index (χ0) is 12.1. The highest BCUT2D eigenvalue weighted by Gasteiger charge is 2.47. The van der Waals surface area contributed by atoms with Crippen LogP contribution in [0.2, 0.25) is 0 Å². The number of nitrogens with one attached hydrogen (secondary N) is 1. The lowest BCUT2D eigenvalue weighted by Gasteiger charge is -2.12. The molecule has 2 aliphatic rings. The second-order valence-corrected chi connectivity index (χ2v) is 5.56. The lowest BCUT2D eigenvalue weighted by atomic mass is 9.93. The van der Waals surface area contributed by atoms with Crippen LogP contribution in [0.4, 0.5) is 5.82 Å². The van der Waals surface area contributed by atoms with E-state index in [4.69, 9.17) is 5.73 Å². The standard InChI is InChI=1S/C14H16N4/c15-14-12(8-1-3-16-4-2-8)13(17-18-14)11-6-9-5-10(9)7-11/h1-4,9-11H,5-7H2,(H3,15,17,18). The summed E-state index contributed by atoms with van der Waals surface area (Å²) in [6.45, 7) is 0. The molecule has 3 N–H and O–H groups in total. The number of H-pyrrole nitrogens is 1. The Morgan fingerprint density at radius 2 is 1.83 bits per heavy atom. The highest BCUT2D eigenvalue weighted by molar-refractivity contribution is 5.76. The Kier molecular flexibility index (Phi) is 2.01. The molecular weight excluding hydrogens is 224 g/mol. The van der Waals surface area contributed by atoms with Crippen LogP contribution in [0, 0.1) is 11.8 Å². The summed E-state index contributed by atoms with van der Waals surface area (Å²) in [5.74, 6) is 3.15. The minimum Gasteiger partial charge on any atom is -0.382 e. The van der Waals surface area contributed by atoms with Gasteiger partial charge in [-0.2, -0.15) is 5.10 Å². The molecule has 4 nitrogen and oxygen atoms in total. The van der Waals surface area contributed by atoms with Gasteiger partial charge < -0.3 is 5.73 Å². The first-order valence-corrected chi connectivity index (χ1v) is 6.57. The van der Waals surface area contributed by atoms with Crippen LogP contribution in [-0.4, -0.2) is 15.2 Å². The third-order valence-electron chi connectivity index (χ3n) is 4.44. The molecule has 18 heavy (non-hydrogen) atoms. The fraction of sp³-hybridized carbons (Fsp3) is 0.429. The van der Waals surface area contributed by atoms with Crippen molar-refractivity contribution < 1.29 is 0 Å². The van der Waals surface area contributed by atoms with E-state index in [0.717, 1.165) is 23.0 Å². The van der Waals surface area contributed by atoms with E-state index >= 15 is 0 Å². The fourth-order valence-electron chi connectivity index (χ4n) is 3.44. The molecule has 2 unspecified atom stereocenters. The predicted octanol–water partition coefficient (Wildman–Crippen LogP) is 2.57. The predicted molar refractivity (Wildman–Crippen MR) is 69.8 cm³/mol. The number of nitrogens with two attached hydrogens (primary N) is 1. The van der Waals surface area contributed by atoms with Gasteiger partial charge in [0.1, 0.15) is 0 Å². The summed E-state index contributed by atoms with van der Waals surface area (Å²) in [6, 6.07) is 4.00. The zero-order valence-electron chi connectivity index (χ0n) is 10.1. The number of fused-ring (bicyclic) bond motifs is 1. The number of pyridine rings is 1. The van der Waals surface area contributed by atoms with Crippen molar-refractivity contribution >= 4 is 5.82 Å². The van der Waals surface area contributed by atoms with Crippen molar-refractivity contribution in [1.29, 1.82) is 0 Å². The molecule has 2 aliphatic carbocycles. The molecule has 2 atom stereocenters. The van der Waals surface area contributed by atoms with Crippen LogP contribution in [0.5, 0.6) is 0 Å². The lowest BCUT2D eigenvalue weighted by molar-refractivity contribution is 0.607. The van der Waals surface area contributed by atoms with Crippen LogP contribution in [0.3, 0.4) is 0 Å². The van der Waals surface area contributed by atoms with Crippen molar-refractivity contribution in [3.8, 4) is 11.1 Å². The van der Waals surface area contributed by atoms with Crippen molar-refractivity contribution in [3.05, 3.63) is 30.2 Å². The molecule has 0 saturated heterocycles. The number of anilines is 1. The van der Waals surface area contributed by atoms with Crippen LogP contribution < -0.4 is 5.73 Å². The minimum atomic E-state index is 0.608. The van der Waals surface area contributed by atoms with E-state index in [0.29, 0.717) is 11.7 Å². The quantitative estimate of drug-likeness (QED) is 0.847. The summed E-state index contributed by atoms with van der Waals surface area (Å²) >= 11 is 0. The van der Waals surface area contributed by atoms with Gasteiger partial charge in [-0.25, -0.2) is 0 Å². The van der Waals surface area contributed by atoms with Gasteiger partial charge in [-0.3, -0.25) is 10.1 Å². The molecule has 92 valence electrons. The van der Waals surface area contributed by atoms with E-state index in [9.17, 15) is 0 Å². The summed E-state index contributed by atoms with van der Waals surface area (Å²) in [5.41, 5.74) is 9.46. The lowest BCUT2D eigenvalue weighted by Crippen LogP contribution is -1.99. The highest BCUT2D eigenvalue weighted by Crippen LogP contribution is 2.58. The van der Waals surface area contributed by atoms with Gasteiger partial charge in [0, 0.05) is 29.6 Å². The molecule has 0 aliphatic heterocycles. The first-order valence-electron chi connectivity index (χ1n) is 6.57. The average molecular weight is 240 g/mol. The number of hydrogen-bond acceptors (Lipinski definition) is 3. The molecule has 2 saturated carbocycles. The second kappa shape index (κ2) is 3.57. The van der Waals surface area contributed by atoms with Gasteiger partial charge >= 0.3 is 0 Å². The Hall–Kier alpha value is -1.84. The zero-order valence-corrected chi connectivity index (χ0v) is 10.1. The van der Waals surface area contributed by atoms with E-state index in [-0.39, 0.29) is 0 Å². The third kappa shape index (κ3) is 1.45. The van der Waals surface area contributed by atoms with Crippen LogP contribution in [0.1, 0.15) is 30.9 Å². The Balaban J connectivity index is 1.76. The SMILES string of the molecule is Nc1n[nH]c(C2CC3CC3C2)c1-c1ccncc1. The summed E-state index contributed by atoms with van der Waals surface area (Å²) in [6.07, 6.45) is 7.63. The molecule has 0 spiro atoms. The molecular formula is C14H16N4. The Morgan fingerprint density at radius 3 is 2.56 bits per heavy atom. The maximum absolute atomic E-state index is 6.02. The molecule has 0 aromatic carbocycles. The van der Waals surface area contributed by atoms with Crippen molar-refractivity contribution in [2.75, 3.05) is 5.73 Å². The molecule has 0 amide bonds. The van der Waals surface area contributed by atoms with E-state index in [1.54, 1.807) is 12.4 Å². The number of aromatic amines is 1. The van der Waals surface area contributed by atoms with Gasteiger partial charge in [0.05, 0.1) is 0 Å². The molecule has 0 radical (unpaired) electrons. The summed E-state index contributed by atoms with van der Waals surface area (Å²) < 4.78 is 0. The number of hydrogen-bond donors (Lipinski definition) is 2. The summed E-state index contributed by atoms with van der Waals surface area (Å²) in [5, 5.41) is 7.37. The second-order valence-electron chi connectivity index (χ2n) is 5.56. The topological polar surface area (TPSA) is 67.6 Å². The third-order valence-corrected chi connectivity index (χ3v) is 4.44. The van der Waals surface area contributed by atoms with Gasteiger partial charge in [0.15, 0.2) is 5.82 Å². The molecule has 4 rings (SSSR count). The molecule has 2 aromatic rings. The van der Waals surface area contributed by atoms with Crippen molar-refractivity contribution in [3.63, 3.8) is 0 Å².